The molecule has 0 bridgehead atoms. The van der Waals surface area contributed by atoms with Crippen LogP contribution in [-0.4, -0.2) is 11.9 Å². The van der Waals surface area contributed by atoms with Crippen molar-refractivity contribution in [1.29, 1.82) is 5.26 Å². The number of rotatable bonds is 4. The highest BCUT2D eigenvalue weighted by Gasteiger charge is 2.13. The summed E-state index contributed by atoms with van der Waals surface area (Å²) in [6.07, 6.45) is 1.39. The van der Waals surface area contributed by atoms with Gasteiger partial charge in [0, 0.05) is 5.69 Å². The number of carbonyl (C=O) groups excluding carboxylic acids is 1. The molecule has 0 aliphatic carbocycles. The van der Waals surface area contributed by atoms with Crippen molar-refractivity contribution in [3.05, 3.63) is 29.6 Å². The van der Waals surface area contributed by atoms with Gasteiger partial charge in [0.1, 0.15) is 11.9 Å². The Bertz CT molecular complexity index is 454. The monoisotopic (exact) mass is 235 g/mol. The summed E-state index contributed by atoms with van der Waals surface area (Å²) < 4.78 is 13.0. The van der Waals surface area contributed by atoms with Crippen molar-refractivity contribution >= 4 is 11.6 Å². The zero-order chi connectivity index (χ0) is 12.8. The van der Waals surface area contributed by atoms with E-state index in [1.807, 2.05) is 6.92 Å². The maximum Gasteiger partial charge on any atom is 0.241 e. The summed E-state index contributed by atoms with van der Waals surface area (Å²) in [7, 11) is 0. The number of hydrogen-bond acceptors (Lipinski definition) is 3. The minimum atomic E-state index is -0.608. The molecule has 0 aliphatic heterocycles. The third-order valence-electron chi connectivity index (χ3n) is 2.29. The summed E-state index contributed by atoms with van der Waals surface area (Å²) in [6, 6.07) is 4.94. The number of nitrogens with two attached hydrogens (primary N) is 1. The van der Waals surface area contributed by atoms with Gasteiger partial charge in [-0.2, -0.15) is 5.26 Å². The van der Waals surface area contributed by atoms with E-state index in [4.69, 9.17) is 11.0 Å². The quantitative estimate of drug-likeness (QED) is 0.834. The molecule has 0 unspecified atom stereocenters. The third-order valence-corrected chi connectivity index (χ3v) is 2.29. The van der Waals surface area contributed by atoms with Crippen LogP contribution >= 0.6 is 0 Å². The number of benzene rings is 1. The molecule has 4 nitrogen and oxygen atoms in total. The predicted molar refractivity (Wildman–Crippen MR) is 62.6 cm³/mol. The van der Waals surface area contributed by atoms with Crippen molar-refractivity contribution in [1.82, 2.24) is 0 Å². The minimum Gasteiger partial charge on any atom is -0.325 e. The highest BCUT2D eigenvalue weighted by atomic mass is 19.1. The number of nitrogens with one attached hydrogen (secondary N) is 1. The molecule has 0 spiro atoms. The SMILES string of the molecule is CCC[C@H](N)C(=O)Nc1ccc(F)c(C#N)c1. The molecule has 1 rings (SSSR count). The molecule has 1 aromatic rings. The molecule has 90 valence electrons. The Hall–Kier alpha value is -1.93. The molecule has 1 amide bonds. The number of nitriles is 1. The Balaban J connectivity index is 2.76. The van der Waals surface area contributed by atoms with E-state index >= 15 is 0 Å². The first-order valence-corrected chi connectivity index (χ1v) is 5.34. The molecule has 1 atom stereocenters. The summed E-state index contributed by atoms with van der Waals surface area (Å²) in [5.41, 5.74) is 5.89. The summed E-state index contributed by atoms with van der Waals surface area (Å²) in [4.78, 5) is 11.6. The molecule has 17 heavy (non-hydrogen) atoms. The average Bonchev–Trinajstić information content (AvgIpc) is 2.31. The van der Waals surface area contributed by atoms with Gasteiger partial charge < -0.3 is 11.1 Å². The lowest BCUT2D eigenvalue weighted by molar-refractivity contribution is -0.117. The zero-order valence-corrected chi connectivity index (χ0v) is 9.53. The Morgan fingerprint density at radius 3 is 2.94 bits per heavy atom. The Morgan fingerprint density at radius 1 is 1.65 bits per heavy atom. The van der Waals surface area contributed by atoms with Crippen molar-refractivity contribution in [2.75, 3.05) is 5.32 Å². The number of halogens is 1. The maximum atomic E-state index is 13.0. The Labute approximate surface area is 99.2 Å². The summed E-state index contributed by atoms with van der Waals surface area (Å²) in [6.45, 7) is 1.93. The lowest BCUT2D eigenvalue weighted by Crippen LogP contribution is -2.35. The van der Waals surface area contributed by atoms with Crippen molar-refractivity contribution in [2.24, 2.45) is 5.73 Å². The van der Waals surface area contributed by atoms with Crippen LogP contribution in [0.25, 0.3) is 0 Å². The standard InChI is InChI=1S/C12H14FN3O/c1-2-3-11(15)12(17)16-9-4-5-10(13)8(6-9)7-14/h4-6,11H,2-3,15H2,1H3,(H,16,17)/t11-/m0/s1. The van der Waals surface area contributed by atoms with E-state index in [0.717, 1.165) is 12.5 Å². The maximum absolute atomic E-state index is 13.0. The van der Waals surface area contributed by atoms with Gasteiger partial charge in [0.2, 0.25) is 5.91 Å². The topological polar surface area (TPSA) is 78.9 Å². The molecule has 0 fully saturated rings. The van der Waals surface area contributed by atoms with Crippen LogP contribution in [0.5, 0.6) is 0 Å². The van der Waals surface area contributed by atoms with E-state index in [1.54, 1.807) is 6.07 Å². The van der Waals surface area contributed by atoms with Gasteiger partial charge in [-0.15, -0.1) is 0 Å². The zero-order valence-electron chi connectivity index (χ0n) is 9.53. The Morgan fingerprint density at radius 2 is 2.35 bits per heavy atom. The first kappa shape index (κ1) is 13.1. The number of carbonyl (C=O) groups is 1. The molecule has 0 aromatic heterocycles. The second-order valence-electron chi connectivity index (χ2n) is 3.69. The third kappa shape index (κ3) is 3.54. The molecule has 3 N–H and O–H groups in total. The Kier molecular flexibility index (Phi) is 4.61. The van der Waals surface area contributed by atoms with Gasteiger partial charge in [-0.05, 0) is 24.6 Å². The van der Waals surface area contributed by atoms with Crippen molar-refractivity contribution in [2.45, 2.75) is 25.8 Å². The van der Waals surface area contributed by atoms with Crippen LogP contribution in [0.1, 0.15) is 25.3 Å². The van der Waals surface area contributed by atoms with Crippen LogP contribution in [0.3, 0.4) is 0 Å². The van der Waals surface area contributed by atoms with Crippen LogP contribution < -0.4 is 11.1 Å². The largest absolute Gasteiger partial charge is 0.325 e. The molecule has 0 radical (unpaired) electrons. The van der Waals surface area contributed by atoms with E-state index < -0.39 is 11.9 Å². The van der Waals surface area contributed by atoms with E-state index in [2.05, 4.69) is 5.32 Å². The fourth-order valence-corrected chi connectivity index (χ4v) is 1.37. The number of nitrogens with zero attached hydrogens (tertiary/aromatic N) is 1. The van der Waals surface area contributed by atoms with Gasteiger partial charge in [0.25, 0.3) is 0 Å². The fraction of sp³-hybridized carbons (Fsp3) is 0.333. The van der Waals surface area contributed by atoms with Crippen LogP contribution in [0.15, 0.2) is 18.2 Å². The molecule has 0 saturated carbocycles. The van der Waals surface area contributed by atoms with Crippen LogP contribution in [0.4, 0.5) is 10.1 Å². The molecule has 0 heterocycles. The van der Waals surface area contributed by atoms with Gasteiger partial charge in [-0.25, -0.2) is 4.39 Å². The lowest BCUT2D eigenvalue weighted by Gasteiger charge is -2.11. The molecule has 0 aliphatic rings. The summed E-state index contributed by atoms with van der Waals surface area (Å²) in [5.74, 6) is -0.939. The molecular formula is C12H14FN3O. The van der Waals surface area contributed by atoms with E-state index in [0.29, 0.717) is 12.1 Å². The van der Waals surface area contributed by atoms with Gasteiger partial charge in [-0.3, -0.25) is 4.79 Å². The normalized spacial score (nSPS) is 11.6. The molecular weight excluding hydrogens is 221 g/mol. The first-order chi connectivity index (χ1) is 8.08. The van der Waals surface area contributed by atoms with E-state index in [1.165, 1.54) is 12.1 Å². The number of amides is 1. The van der Waals surface area contributed by atoms with E-state index in [-0.39, 0.29) is 11.5 Å². The number of anilines is 1. The smallest absolute Gasteiger partial charge is 0.241 e. The van der Waals surface area contributed by atoms with Crippen molar-refractivity contribution in [3.63, 3.8) is 0 Å². The van der Waals surface area contributed by atoms with Gasteiger partial charge in [0.05, 0.1) is 11.6 Å². The van der Waals surface area contributed by atoms with Crippen molar-refractivity contribution < 1.29 is 9.18 Å². The molecule has 1 aromatic carbocycles. The fourth-order valence-electron chi connectivity index (χ4n) is 1.37. The average molecular weight is 235 g/mol. The van der Waals surface area contributed by atoms with Crippen LogP contribution in [0.2, 0.25) is 0 Å². The highest BCUT2D eigenvalue weighted by molar-refractivity contribution is 5.94. The highest BCUT2D eigenvalue weighted by Crippen LogP contribution is 2.14. The minimum absolute atomic E-state index is 0.105. The molecule has 5 heteroatoms. The van der Waals surface area contributed by atoms with Crippen LogP contribution in [-0.2, 0) is 4.79 Å². The molecule has 0 saturated heterocycles. The lowest BCUT2D eigenvalue weighted by atomic mass is 10.1. The predicted octanol–water partition coefficient (Wildman–Crippen LogP) is 1.76. The summed E-state index contributed by atoms with van der Waals surface area (Å²) in [5, 5.41) is 11.2. The van der Waals surface area contributed by atoms with Crippen LogP contribution in [0, 0.1) is 17.1 Å². The van der Waals surface area contributed by atoms with Crippen molar-refractivity contribution in [3.8, 4) is 6.07 Å². The van der Waals surface area contributed by atoms with E-state index in [9.17, 15) is 9.18 Å². The van der Waals surface area contributed by atoms with Gasteiger partial charge >= 0.3 is 0 Å². The van der Waals surface area contributed by atoms with Gasteiger partial charge in [0.15, 0.2) is 0 Å². The van der Waals surface area contributed by atoms with Gasteiger partial charge in [-0.1, -0.05) is 13.3 Å². The number of hydrogen-bond donors (Lipinski definition) is 2. The second kappa shape index (κ2) is 5.97. The second-order valence-corrected chi connectivity index (χ2v) is 3.69. The first-order valence-electron chi connectivity index (χ1n) is 5.34. The summed E-state index contributed by atoms with van der Waals surface area (Å²) >= 11 is 0.